The summed E-state index contributed by atoms with van der Waals surface area (Å²) in [5, 5.41) is 1.92. The minimum absolute atomic E-state index is 0.160. The molecular weight excluding hydrogens is 248 g/mol. The van der Waals surface area contributed by atoms with Gasteiger partial charge in [-0.25, -0.2) is 0 Å². The van der Waals surface area contributed by atoms with Crippen molar-refractivity contribution >= 4 is 23.2 Å². The van der Waals surface area contributed by atoms with Crippen LogP contribution in [0, 0.1) is 6.92 Å². The number of rotatable bonds is 3. The highest BCUT2D eigenvalue weighted by molar-refractivity contribution is 7.13. The Labute approximate surface area is 108 Å². The van der Waals surface area contributed by atoms with Crippen LogP contribution in [0.1, 0.15) is 26.3 Å². The Morgan fingerprint density at radius 3 is 2.33 bits per heavy atom. The van der Waals surface area contributed by atoms with Gasteiger partial charge >= 0.3 is 0 Å². The third-order valence-electron chi connectivity index (χ3n) is 2.68. The summed E-state index contributed by atoms with van der Waals surface area (Å²) >= 11 is 1.49. The molecule has 2 amide bonds. The van der Waals surface area contributed by atoms with Gasteiger partial charge in [0.1, 0.15) is 0 Å². The first-order valence-corrected chi connectivity index (χ1v) is 6.17. The van der Waals surface area contributed by atoms with Gasteiger partial charge in [0, 0.05) is 10.4 Å². The van der Waals surface area contributed by atoms with Crippen LogP contribution >= 0.6 is 11.3 Å². The van der Waals surface area contributed by atoms with E-state index in [-0.39, 0.29) is 11.1 Å². The van der Waals surface area contributed by atoms with Crippen LogP contribution in [0.25, 0.3) is 10.4 Å². The van der Waals surface area contributed by atoms with Gasteiger partial charge in [-0.15, -0.1) is 11.3 Å². The molecule has 0 bridgehead atoms. The van der Waals surface area contributed by atoms with Crippen LogP contribution in [0.4, 0.5) is 0 Å². The zero-order chi connectivity index (χ0) is 13.3. The van der Waals surface area contributed by atoms with Gasteiger partial charge in [-0.05, 0) is 30.0 Å². The molecule has 0 spiro atoms. The first-order valence-electron chi connectivity index (χ1n) is 5.29. The number of thiophene rings is 1. The lowest BCUT2D eigenvalue weighted by Gasteiger charge is -2.09. The van der Waals surface area contributed by atoms with Gasteiger partial charge in [0.15, 0.2) is 0 Å². The van der Waals surface area contributed by atoms with Crippen LogP contribution < -0.4 is 11.5 Å². The van der Waals surface area contributed by atoms with Crippen molar-refractivity contribution in [3.8, 4) is 10.4 Å². The maximum atomic E-state index is 11.6. The molecule has 0 fully saturated rings. The van der Waals surface area contributed by atoms with Crippen LogP contribution in [0.5, 0.6) is 0 Å². The Balaban J connectivity index is 2.76. The molecule has 2 rings (SSSR count). The molecule has 1 heterocycles. The molecule has 0 unspecified atom stereocenters. The van der Waals surface area contributed by atoms with E-state index in [2.05, 4.69) is 0 Å². The molecule has 0 saturated heterocycles. The van der Waals surface area contributed by atoms with Gasteiger partial charge in [-0.2, -0.15) is 0 Å². The zero-order valence-electron chi connectivity index (χ0n) is 9.77. The van der Waals surface area contributed by atoms with Crippen LogP contribution in [0.3, 0.4) is 0 Å². The third kappa shape index (κ3) is 2.00. The van der Waals surface area contributed by atoms with Gasteiger partial charge in [-0.1, -0.05) is 12.1 Å². The van der Waals surface area contributed by atoms with E-state index in [1.807, 2.05) is 18.4 Å². The van der Waals surface area contributed by atoms with Crippen molar-refractivity contribution < 1.29 is 9.59 Å². The van der Waals surface area contributed by atoms with Crippen LogP contribution in [0.15, 0.2) is 29.6 Å². The van der Waals surface area contributed by atoms with E-state index in [1.165, 1.54) is 17.4 Å². The second kappa shape index (κ2) is 4.62. The molecule has 0 atom stereocenters. The Morgan fingerprint density at radius 1 is 1.11 bits per heavy atom. The predicted octanol–water partition coefficient (Wildman–Crippen LogP) is 1.92. The van der Waals surface area contributed by atoms with Crippen LogP contribution in [-0.4, -0.2) is 11.8 Å². The van der Waals surface area contributed by atoms with E-state index in [9.17, 15) is 9.59 Å². The Bertz CT molecular complexity index is 632. The van der Waals surface area contributed by atoms with Crippen molar-refractivity contribution in [2.75, 3.05) is 0 Å². The van der Waals surface area contributed by atoms with Crippen molar-refractivity contribution in [1.29, 1.82) is 0 Å². The summed E-state index contributed by atoms with van der Waals surface area (Å²) in [5.74, 6) is -1.30. The number of aryl methyl sites for hydroxylation is 1. The lowest BCUT2D eigenvalue weighted by atomic mass is 9.97. The highest BCUT2D eigenvalue weighted by Crippen LogP contribution is 2.32. The number of carbonyl (C=O) groups excluding carboxylic acids is 2. The Morgan fingerprint density at radius 2 is 1.83 bits per heavy atom. The summed E-state index contributed by atoms with van der Waals surface area (Å²) in [4.78, 5) is 23.8. The first-order chi connectivity index (χ1) is 8.52. The van der Waals surface area contributed by atoms with Crippen molar-refractivity contribution in [3.05, 3.63) is 46.3 Å². The van der Waals surface area contributed by atoms with E-state index in [4.69, 9.17) is 11.5 Å². The number of carbonyl (C=O) groups is 2. The molecule has 0 aliphatic rings. The SMILES string of the molecule is Cc1ccsc1-c1cccc(C(N)=O)c1C(N)=O. The van der Waals surface area contributed by atoms with Gasteiger partial charge in [0.2, 0.25) is 11.8 Å². The van der Waals surface area contributed by atoms with Crippen molar-refractivity contribution in [3.63, 3.8) is 0 Å². The molecule has 4 N–H and O–H groups in total. The van der Waals surface area contributed by atoms with Crippen molar-refractivity contribution in [2.45, 2.75) is 6.92 Å². The quantitative estimate of drug-likeness (QED) is 0.883. The maximum Gasteiger partial charge on any atom is 0.250 e. The summed E-state index contributed by atoms with van der Waals surface area (Å²) in [6, 6.07) is 6.92. The van der Waals surface area contributed by atoms with Gasteiger partial charge in [0.25, 0.3) is 0 Å². The standard InChI is InChI=1S/C13H12N2O2S/c1-7-5-6-18-11(7)8-3-2-4-9(12(14)16)10(8)13(15)17/h2-6H,1H3,(H2,14,16)(H2,15,17). The van der Waals surface area contributed by atoms with E-state index < -0.39 is 11.8 Å². The minimum atomic E-state index is -0.653. The predicted molar refractivity (Wildman–Crippen MR) is 71.5 cm³/mol. The number of primary amides is 2. The number of hydrogen-bond acceptors (Lipinski definition) is 3. The minimum Gasteiger partial charge on any atom is -0.366 e. The molecule has 0 radical (unpaired) electrons. The number of nitrogens with two attached hydrogens (primary N) is 2. The molecule has 1 aromatic carbocycles. The monoisotopic (exact) mass is 260 g/mol. The normalized spacial score (nSPS) is 10.3. The maximum absolute atomic E-state index is 11.6. The molecule has 5 heteroatoms. The van der Waals surface area contributed by atoms with Crippen LogP contribution in [-0.2, 0) is 0 Å². The molecular formula is C13H12N2O2S. The fourth-order valence-corrected chi connectivity index (χ4v) is 2.82. The molecule has 18 heavy (non-hydrogen) atoms. The molecule has 92 valence electrons. The van der Waals surface area contributed by atoms with E-state index >= 15 is 0 Å². The zero-order valence-corrected chi connectivity index (χ0v) is 10.6. The smallest absolute Gasteiger partial charge is 0.250 e. The second-order valence-electron chi connectivity index (χ2n) is 3.89. The molecule has 0 saturated carbocycles. The summed E-state index contributed by atoms with van der Waals surface area (Å²) in [7, 11) is 0. The molecule has 0 aliphatic carbocycles. The van der Waals surface area contributed by atoms with Crippen molar-refractivity contribution in [2.24, 2.45) is 11.5 Å². The fourth-order valence-electron chi connectivity index (χ4n) is 1.86. The van der Waals surface area contributed by atoms with Gasteiger partial charge in [0.05, 0.1) is 11.1 Å². The third-order valence-corrected chi connectivity index (χ3v) is 3.73. The van der Waals surface area contributed by atoms with Crippen molar-refractivity contribution in [1.82, 2.24) is 0 Å². The number of hydrogen-bond donors (Lipinski definition) is 2. The highest BCUT2D eigenvalue weighted by atomic mass is 32.1. The van der Waals surface area contributed by atoms with E-state index in [0.717, 1.165) is 10.4 Å². The van der Waals surface area contributed by atoms with E-state index in [1.54, 1.807) is 12.1 Å². The van der Waals surface area contributed by atoms with Gasteiger partial charge < -0.3 is 11.5 Å². The molecule has 2 aromatic rings. The summed E-state index contributed by atoms with van der Waals surface area (Å²) < 4.78 is 0. The first kappa shape index (κ1) is 12.3. The van der Waals surface area contributed by atoms with E-state index in [0.29, 0.717) is 5.56 Å². The molecule has 0 aliphatic heterocycles. The summed E-state index contributed by atoms with van der Waals surface area (Å²) in [5.41, 5.74) is 12.7. The summed E-state index contributed by atoms with van der Waals surface area (Å²) in [6.07, 6.45) is 0. The lowest BCUT2D eigenvalue weighted by molar-refractivity contribution is 0.0968. The Kier molecular flexibility index (Phi) is 3.16. The second-order valence-corrected chi connectivity index (χ2v) is 4.81. The van der Waals surface area contributed by atoms with Crippen LogP contribution in [0.2, 0.25) is 0 Å². The summed E-state index contributed by atoms with van der Waals surface area (Å²) in [6.45, 7) is 1.94. The Hall–Kier alpha value is -2.14. The number of benzene rings is 1. The lowest BCUT2D eigenvalue weighted by Crippen LogP contribution is -2.21. The van der Waals surface area contributed by atoms with Gasteiger partial charge in [-0.3, -0.25) is 9.59 Å². The topological polar surface area (TPSA) is 86.2 Å². The molecule has 1 aromatic heterocycles. The highest BCUT2D eigenvalue weighted by Gasteiger charge is 2.19. The fraction of sp³-hybridized carbons (Fsp3) is 0.0769. The molecule has 4 nitrogen and oxygen atoms in total. The average molecular weight is 260 g/mol. The number of amides is 2. The largest absolute Gasteiger partial charge is 0.366 e. The average Bonchev–Trinajstić information content (AvgIpc) is 2.74.